The van der Waals surface area contributed by atoms with Gasteiger partial charge in [0, 0.05) is 17.6 Å². The fraction of sp³-hybridized carbons (Fsp3) is 0. The van der Waals surface area contributed by atoms with Crippen LogP contribution in [0.5, 0.6) is 0 Å². The van der Waals surface area contributed by atoms with Crippen LogP contribution in [-0.2, 0) is 0 Å². The summed E-state index contributed by atoms with van der Waals surface area (Å²) in [7, 11) is 0. The highest BCUT2D eigenvalue weighted by molar-refractivity contribution is 8.01. The van der Waals surface area contributed by atoms with E-state index in [4.69, 9.17) is 11.5 Å². The molecule has 0 saturated carbocycles. The van der Waals surface area contributed by atoms with Gasteiger partial charge in [-0.2, -0.15) is 4.98 Å². The number of hydrogen-bond donors (Lipinski definition) is 2. The van der Waals surface area contributed by atoms with Crippen LogP contribution < -0.4 is 11.5 Å². The molecule has 0 spiro atoms. The van der Waals surface area contributed by atoms with Gasteiger partial charge in [0.15, 0.2) is 4.34 Å². The summed E-state index contributed by atoms with van der Waals surface area (Å²) in [5.74, 6) is 0.556. The van der Waals surface area contributed by atoms with E-state index in [1.807, 2.05) is 5.38 Å². The number of nitrogens with two attached hydrogens (primary N) is 2. The molecule has 7 heteroatoms. The first-order valence-electron chi connectivity index (χ1n) is 3.71. The second kappa shape index (κ2) is 3.81. The number of rotatable bonds is 2. The Hall–Kier alpha value is -1.34. The Morgan fingerprint density at radius 3 is 2.79 bits per heavy atom. The lowest BCUT2D eigenvalue weighted by Crippen LogP contribution is -1.99. The molecule has 0 aliphatic rings. The van der Waals surface area contributed by atoms with Gasteiger partial charge in [-0.25, -0.2) is 9.97 Å². The van der Waals surface area contributed by atoms with Crippen LogP contribution in [0.25, 0.3) is 0 Å². The lowest BCUT2D eigenvalue weighted by Gasteiger charge is -1.99. The van der Waals surface area contributed by atoms with Crippen molar-refractivity contribution in [2.45, 2.75) is 9.37 Å². The maximum absolute atomic E-state index is 5.53. The van der Waals surface area contributed by atoms with Gasteiger partial charge in [0.05, 0.1) is 0 Å². The fourth-order valence-electron chi connectivity index (χ4n) is 0.864. The van der Waals surface area contributed by atoms with Crippen molar-refractivity contribution >= 4 is 34.9 Å². The highest BCUT2D eigenvalue weighted by atomic mass is 32.2. The van der Waals surface area contributed by atoms with Gasteiger partial charge in [0.1, 0.15) is 10.8 Å². The van der Waals surface area contributed by atoms with Gasteiger partial charge >= 0.3 is 0 Å². The summed E-state index contributed by atoms with van der Waals surface area (Å²) in [6, 6.07) is 1.67. The van der Waals surface area contributed by atoms with Crippen LogP contribution in [0, 0.1) is 0 Å². The van der Waals surface area contributed by atoms with Crippen molar-refractivity contribution < 1.29 is 0 Å². The van der Waals surface area contributed by atoms with Crippen LogP contribution in [-0.4, -0.2) is 15.0 Å². The molecule has 2 aromatic heterocycles. The quantitative estimate of drug-likeness (QED) is 0.747. The van der Waals surface area contributed by atoms with E-state index < -0.39 is 0 Å². The highest BCUT2D eigenvalue weighted by Crippen LogP contribution is 2.28. The Balaban J connectivity index is 2.25. The van der Waals surface area contributed by atoms with Crippen molar-refractivity contribution in [1.82, 2.24) is 15.0 Å². The van der Waals surface area contributed by atoms with Crippen LogP contribution >= 0.6 is 23.1 Å². The summed E-state index contributed by atoms with van der Waals surface area (Å²) in [5, 5.41) is 2.61. The largest absolute Gasteiger partial charge is 0.383 e. The Kier molecular flexibility index (Phi) is 2.51. The standard InChI is InChI=1S/C7H7N5S2/c8-4-3-5(12-6(9)11-4)14-7-10-1-2-13-7/h1-3H,(H4,8,9,11,12). The molecule has 72 valence electrons. The summed E-state index contributed by atoms with van der Waals surface area (Å²) >= 11 is 2.96. The smallest absolute Gasteiger partial charge is 0.223 e. The Morgan fingerprint density at radius 2 is 2.14 bits per heavy atom. The minimum absolute atomic E-state index is 0.184. The van der Waals surface area contributed by atoms with E-state index >= 15 is 0 Å². The summed E-state index contributed by atoms with van der Waals surface area (Å²) in [6.45, 7) is 0. The number of thiazole rings is 1. The van der Waals surface area contributed by atoms with E-state index in [0.717, 1.165) is 4.34 Å². The van der Waals surface area contributed by atoms with Gasteiger partial charge in [0.25, 0.3) is 0 Å². The maximum atomic E-state index is 5.53. The second-order valence-electron chi connectivity index (χ2n) is 2.39. The molecule has 0 amide bonds. The number of anilines is 2. The van der Waals surface area contributed by atoms with Gasteiger partial charge in [0.2, 0.25) is 5.95 Å². The number of hydrogen-bond acceptors (Lipinski definition) is 7. The minimum Gasteiger partial charge on any atom is -0.383 e. The minimum atomic E-state index is 0.184. The maximum Gasteiger partial charge on any atom is 0.223 e. The van der Waals surface area contributed by atoms with Gasteiger partial charge in [-0.15, -0.1) is 11.3 Å². The first-order chi connectivity index (χ1) is 6.74. The van der Waals surface area contributed by atoms with E-state index in [1.54, 1.807) is 12.3 Å². The van der Waals surface area contributed by atoms with Crippen molar-refractivity contribution in [3.63, 3.8) is 0 Å². The molecule has 0 aromatic carbocycles. The SMILES string of the molecule is Nc1cc(Sc2nccs2)nc(N)n1. The molecule has 14 heavy (non-hydrogen) atoms. The van der Waals surface area contributed by atoms with Crippen molar-refractivity contribution in [3.8, 4) is 0 Å². The molecule has 0 fully saturated rings. The number of nitrogens with zero attached hydrogens (tertiary/aromatic N) is 3. The summed E-state index contributed by atoms with van der Waals surface area (Å²) in [6.07, 6.45) is 1.74. The molecule has 0 aliphatic heterocycles. The van der Waals surface area contributed by atoms with Crippen LogP contribution in [0.2, 0.25) is 0 Å². The Labute approximate surface area is 88.6 Å². The van der Waals surface area contributed by atoms with Crippen LogP contribution in [0.4, 0.5) is 11.8 Å². The molecule has 2 heterocycles. The Morgan fingerprint density at radius 1 is 1.29 bits per heavy atom. The molecule has 0 unspecified atom stereocenters. The van der Waals surface area contributed by atoms with E-state index in [0.29, 0.717) is 10.8 Å². The van der Waals surface area contributed by atoms with Gasteiger partial charge in [-0.3, -0.25) is 0 Å². The first-order valence-corrected chi connectivity index (χ1v) is 5.41. The normalized spacial score (nSPS) is 10.3. The number of nitrogen functional groups attached to an aromatic ring is 2. The van der Waals surface area contributed by atoms with Gasteiger partial charge in [-0.1, -0.05) is 0 Å². The third kappa shape index (κ3) is 2.12. The summed E-state index contributed by atoms with van der Waals surface area (Å²) < 4.78 is 0.905. The fourth-order valence-corrected chi connectivity index (χ4v) is 2.45. The predicted octanol–water partition coefficient (Wildman–Crippen LogP) is 1.25. The zero-order valence-electron chi connectivity index (χ0n) is 7.04. The lowest BCUT2D eigenvalue weighted by molar-refractivity contribution is 1.07. The molecule has 4 N–H and O–H groups in total. The lowest BCUT2D eigenvalue weighted by atomic mass is 10.6. The third-order valence-corrected chi connectivity index (χ3v) is 3.14. The average Bonchev–Trinajstić information content (AvgIpc) is 2.54. The van der Waals surface area contributed by atoms with E-state index in [1.165, 1.54) is 23.1 Å². The van der Waals surface area contributed by atoms with Crippen molar-refractivity contribution in [2.75, 3.05) is 11.5 Å². The van der Waals surface area contributed by atoms with Crippen molar-refractivity contribution in [1.29, 1.82) is 0 Å². The summed E-state index contributed by atoms with van der Waals surface area (Å²) in [5.41, 5.74) is 11.0. The molecule has 0 radical (unpaired) electrons. The van der Waals surface area contributed by atoms with Gasteiger partial charge < -0.3 is 11.5 Å². The van der Waals surface area contributed by atoms with Crippen molar-refractivity contribution in [2.24, 2.45) is 0 Å². The molecule has 2 rings (SSSR count). The molecular formula is C7H7N5S2. The molecule has 0 atom stereocenters. The van der Waals surface area contributed by atoms with Crippen molar-refractivity contribution in [3.05, 3.63) is 17.6 Å². The van der Waals surface area contributed by atoms with E-state index in [9.17, 15) is 0 Å². The number of aromatic nitrogens is 3. The monoisotopic (exact) mass is 225 g/mol. The molecule has 2 aromatic rings. The first kappa shape index (κ1) is 9.22. The topological polar surface area (TPSA) is 90.7 Å². The zero-order chi connectivity index (χ0) is 9.97. The highest BCUT2D eigenvalue weighted by Gasteiger charge is 2.03. The third-order valence-electron chi connectivity index (χ3n) is 1.34. The van der Waals surface area contributed by atoms with E-state index in [2.05, 4.69) is 15.0 Å². The molecule has 0 saturated heterocycles. The summed E-state index contributed by atoms with van der Waals surface area (Å²) in [4.78, 5) is 11.9. The molecular weight excluding hydrogens is 218 g/mol. The molecule has 0 bridgehead atoms. The van der Waals surface area contributed by atoms with Crippen LogP contribution in [0.15, 0.2) is 27.0 Å². The van der Waals surface area contributed by atoms with Gasteiger partial charge in [-0.05, 0) is 11.8 Å². The average molecular weight is 225 g/mol. The zero-order valence-corrected chi connectivity index (χ0v) is 8.68. The molecule has 5 nitrogen and oxygen atoms in total. The second-order valence-corrected chi connectivity index (χ2v) is 4.55. The van der Waals surface area contributed by atoms with E-state index in [-0.39, 0.29) is 5.95 Å². The van der Waals surface area contributed by atoms with Crippen LogP contribution in [0.1, 0.15) is 0 Å². The molecule has 0 aliphatic carbocycles. The Bertz CT molecular complexity index is 407. The van der Waals surface area contributed by atoms with Crippen LogP contribution in [0.3, 0.4) is 0 Å². The predicted molar refractivity (Wildman–Crippen MR) is 57.1 cm³/mol.